The molecule has 1 aliphatic carbocycles. The summed E-state index contributed by atoms with van der Waals surface area (Å²) in [5.41, 5.74) is 2.66. The lowest BCUT2D eigenvalue weighted by molar-refractivity contribution is 0.0937. The highest BCUT2D eigenvalue weighted by atomic mass is 32.1. The van der Waals surface area contributed by atoms with Gasteiger partial charge in [-0.1, -0.05) is 24.3 Å². The lowest BCUT2D eigenvalue weighted by atomic mass is 9.88. The van der Waals surface area contributed by atoms with Crippen LogP contribution in [-0.4, -0.2) is 5.91 Å². The van der Waals surface area contributed by atoms with Crippen LogP contribution in [-0.2, 0) is 6.42 Å². The van der Waals surface area contributed by atoms with Gasteiger partial charge in [0.25, 0.3) is 5.91 Å². The van der Waals surface area contributed by atoms with Gasteiger partial charge in [0.1, 0.15) is 0 Å². The van der Waals surface area contributed by atoms with Gasteiger partial charge in [0, 0.05) is 4.88 Å². The van der Waals surface area contributed by atoms with Gasteiger partial charge < -0.3 is 5.32 Å². The molecule has 0 saturated carbocycles. The van der Waals surface area contributed by atoms with Gasteiger partial charge in [-0.25, -0.2) is 0 Å². The van der Waals surface area contributed by atoms with E-state index in [0.717, 1.165) is 24.1 Å². The van der Waals surface area contributed by atoms with Crippen molar-refractivity contribution in [2.45, 2.75) is 32.2 Å². The molecule has 19 heavy (non-hydrogen) atoms. The molecule has 1 amide bonds. The second kappa shape index (κ2) is 5.17. The van der Waals surface area contributed by atoms with Crippen molar-refractivity contribution in [3.05, 3.63) is 57.3 Å². The van der Waals surface area contributed by atoms with E-state index in [1.165, 1.54) is 16.0 Å². The molecule has 3 heteroatoms. The van der Waals surface area contributed by atoms with Gasteiger partial charge in [0.15, 0.2) is 0 Å². The minimum Gasteiger partial charge on any atom is -0.345 e. The number of carbonyl (C=O) groups excluding carboxylic acids is 1. The zero-order valence-corrected chi connectivity index (χ0v) is 11.8. The van der Waals surface area contributed by atoms with E-state index in [1.807, 2.05) is 19.1 Å². The summed E-state index contributed by atoms with van der Waals surface area (Å²) in [7, 11) is 0. The molecule has 0 spiro atoms. The largest absolute Gasteiger partial charge is 0.345 e. The highest BCUT2D eigenvalue weighted by Gasteiger charge is 2.22. The van der Waals surface area contributed by atoms with Crippen LogP contribution in [0.5, 0.6) is 0 Å². The molecule has 1 N–H and O–H groups in total. The number of hydrogen-bond acceptors (Lipinski definition) is 2. The van der Waals surface area contributed by atoms with E-state index in [0.29, 0.717) is 0 Å². The number of benzene rings is 1. The van der Waals surface area contributed by atoms with Crippen molar-refractivity contribution in [1.29, 1.82) is 0 Å². The van der Waals surface area contributed by atoms with Crippen LogP contribution in [0.4, 0.5) is 0 Å². The summed E-state index contributed by atoms with van der Waals surface area (Å²) in [4.78, 5) is 14.2. The minimum absolute atomic E-state index is 0.0554. The molecule has 0 aliphatic heterocycles. The average Bonchev–Trinajstić information content (AvgIpc) is 2.86. The first-order valence-electron chi connectivity index (χ1n) is 6.69. The number of carbonyl (C=O) groups is 1. The van der Waals surface area contributed by atoms with Crippen molar-refractivity contribution in [2.24, 2.45) is 0 Å². The van der Waals surface area contributed by atoms with Crippen LogP contribution >= 0.6 is 11.3 Å². The molecule has 0 saturated heterocycles. The lowest BCUT2D eigenvalue weighted by Gasteiger charge is -2.26. The molecule has 0 radical (unpaired) electrons. The monoisotopic (exact) mass is 271 g/mol. The normalized spacial score (nSPS) is 17.8. The Bertz CT molecular complexity index is 602. The van der Waals surface area contributed by atoms with Crippen LogP contribution in [0, 0.1) is 6.92 Å². The first kappa shape index (κ1) is 12.4. The Morgan fingerprint density at radius 2 is 2.11 bits per heavy atom. The van der Waals surface area contributed by atoms with Crippen molar-refractivity contribution < 1.29 is 4.79 Å². The summed E-state index contributed by atoms with van der Waals surface area (Å²) in [5, 5.41) is 3.18. The van der Waals surface area contributed by atoms with Crippen molar-refractivity contribution in [3.8, 4) is 0 Å². The maximum absolute atomic E-state index is 12.2. The number of aryl methyl sites for hydroxylation is 2. The number of nitrogens with one attached hydrogen (secondary N) is 1. The molecule has 1 unspecified atom stereocenters. The standard InChI is InChI=1S/C16H17NOS/c1-11-9-10-15(19-11)16(18)17-14-8-4-6-12-5-2-3-7-13(12)14/h2-3,5,7,9-10,14H,4,6,8H2,1H3,(H,17,18). The third-order valence-electron chi connectivity index (χ3n) is 3.64. The van der Waals surface area contributed by atoms with Gasteiger partial charge in [-0.05, 0) is 49.4 Å². The smallest absolute Gasteiger partial charge is 0.261 e. The second-order valence-electron chi connectivity index (χ2n) is 5.03. The van der Waals surface area contributed by atoms with Gasteiger partial charge in [0.2, 0.25) is 0 Å². The first-order chi connectivity index (χ1) is 9.24. The fourth-order valence-electron chi connectivity index (χ4n) is 2.69. The molecule has 98 valence electrons. The summed E-state index contributed by atoms with van der Waals surface area (Å²) in [6.07, 6.45) is 3.30. The SMILES string of the molecule is Cc1ccc(C(=O)NC2CCCc3ccccc32)s1. The maximum Gasteiger partial charge on any atom is 0.261 e. The van der Waals surface area contributed by atoms with E-state index < -0.39 is 0 Å². The molecule has 0 fully saturated rings. The van der Waals surface area contributed by atoms with Crippen LogP contribution in [0.15, 0.2) is 36.4 Å². The molecule has 1 aliphatic rings. The van der Waals surface area contributed by atoms with E-state index in [2.05, 4.69) is 29.6 Å². The van der Waals surface area contributed by atoms with Crippen LogP contribution in [0.3, 0.4) is 0 Å². The zero-order chi connectivity index (χ0) is 13.2. The maximum atomic E-state index is 12.2. The van der Waals surface area contributed by atoms with Gasteiger partial charge in [0.05, 0.1) is 10.9 Å². The number of rotatable bonds is 2. The van der Waals surface area contributed by atoms with Crippen molar-refractivity contribution >= 4 is 17.2 Å². The predicted octanol–water partition coefficient (Wildman–Crippen LogP) is 3.86. The van der Waals surface area contributed by atoms with E-state index in [4.69, 9.17) is 0 Å². The Balaban J connectivity index is 1.79. The zero-order valence-electron chi connectivity index (χ0n) is 11.0. The Labute approximate surface area is 117 Å². The molecule has 1 aromatic heterocycles. The van der Waals surface area contributed by atoms with Crippen molar-refractivity contribution in [1.82, 2.24) is 5.32 Å². The first-order valence-corrected chi connectivity index (χ1v) is 7.51. The number of amides is 1. The van der Waals surface area contributed by atoms with E-state index in [1.54, 1.807) is 11.3 Å². The third-order valence-corrected chi connectivity index (χ3v) is 4.64. The molecule has 1 heterocycles. The number of thiophene rings is 1. The predicted molar refractivity (Wildman–Crippen MR) is 78.6 cm³/mol. The van der Waals surface area contributed by atoms with Crippen LogP contribution in [0.1, 0.15) is 44.6 Å². The lowest BCUT2D eigenvalue weighted by Crippen LogP contribution is -2.30. The minimum atomic E-state index is 0.0554. The Morgan fingerprint density at radius 3 is 2.89 bits per heavy atom. The molecule has 1 atom stereocenters. The topological polar surface area (TPSA) is 29.1 Å². The fourth-order valence-corrected chi connectivity index (χ4v) is 3.46. The molecule has 3 rings (SSSR count). The van der Waals surface area contributed by atoms with Crippen LogP contribution in [0.2, 0.25) is 0 Å². The Morgan fingerprint density at radius 1 is 1.26 bits per heavy atom. The highest BCUT2D eigenvalue weighted by Crippen LogP contribution is 2.30. The van der Waals surface area contributed by atoms with Gasteiger partial charge in [-0.3, -0.25) is 4.79 Å². The molecular weight excluding hydrogens is 254 g/mol. The average molecular weight is 271 g/mol. The molecule has 0 bridgehead atoms. The molecule has 1 aromatic carbocycles. The summed E-state index contributed by atoms with van der Waals surface area (Å²) in [6.45, 7) is 2.03. The molecular formula is C16H17NOS. The van der Waals surface area contributed by atoms with Crippen LogP contribution in [0.25, 0.3) is 0 Å². The number of fused-ring (bicyclic) bond motifs is 1. The fraction of sp³-hybridized carbons (Fsp3) is 0.312. The summed E-state index contributed by atoms with van der Waals surface area (Å²) in [6, 6.07) is 12.5. The summed E-state index contributed by atoms with van der Waals surface area (Å²) >= 11 is 1.55. The van der Waals surface area contributed by atoms with E-state index in [9.17, 15) is 4.79 Å². The Kier molecular flexibility index (Phi) is 3.38. The molecule has 2 nitrogen and oxygen atoms in total. The van der Waals surface area contributed by atoms with Gasteiger partial charge >= 0.3 is 0 Å². The van der Waals surface area contributed by atoms with Crippen LogP contribution < -0.4 is 5.32 Å². The second-order valence-corrected chi connectivity index (χ2v) is 6.32. The summed E-state index contributed by atoms with van der Waals surface area (Å²) in [5.74, 6) is 0.0554. The van der Waals surface area contributed by atoms with E-state index in [-0.39, 0.29) is 11.9 Å². The van der Waals surface area contributed by atoms with Gasteiger partial charge in [-0.2, -0.15) is 0 Å². The third kappa shape index (κ3) is 2.56. The Hall–Kier alpha value is -1.61. The molecule has 2 aromatic rings. The highest BCUT2D eigenvalue weighted by molar-refractivity contribution is 7.13. The van der Waals surface area contributed by atoms with Crippen molar-refractivity contribution in [3.63, 3.8) is 0 Å². The summed E-state index contributed by atoms with van der Waals surface area (Å²) < 4.78 is 0. The van der Waals surface area contributed by atoms with E-state index >= 15 is 0 Å². The quantitative estimate of drug-likeness (QED) is 0.882. The number of hydrogen-bond donors (Lipinski definition) is 1. The van der Waals surface area contributed by atoms with Crippen molar-refractivity contribution in [2.75, 3.05) is 0 Å². The van der Waals surface area contributed by atoms with Gasteiger partial charge in [-0.15, -0.1) is 11.3 Å².